The summed E-state index contributed by atoms with van der Waals surface area (Å²) in [5, 5.41) is 3.25. The highest BCUT2D eigenvalue weighted by Gasteiger charge is 2.16. The fourth-order valence-electron chi connectivity index (χ4n) is 2.47. The van der Waals surface area contributed by atoms with Crippen molar-refractivity contribution in [1.82, 2.24) is 19.4 Å². The van der Waals surface area contributed by atoms with Gasteiger partial charge in [0.25, 0.3) is 0 Å². The maximum atomic E-state index is 4.39. The van der Waals surface area contributed by atoms with Crippen molar-refractivity contribution in [1.29, 1.82) is 0 Å². The van der Waals surface area contributed by atoms with E-state index in [1.54, 1.807) is 0 Å². The molecule has 0 unspecified atom stereocenters. The summed E-state index contributed by atoms with van der Waals surface area (Å²) in [6.07, 6.45) is 5.81. The van der Waals surface area contributed by atoms with Gasteiger partial charge in [-0.15, -0.1) is 0 Å². The third-order valence-electron chi connectivity index (χ3n) is 3.41. The second-order valence-electron chi connectivity index (χ2n) is 4.83. The van der Waals surface area contributed by atoms with E-state index < -0.39 is 0 Å². The first-order chi connectivity index (χ1) is 9.35. The van der Waals surface area contributed by atoms with E-state index in [0.29, 0.717) is 0 Å². The molecule has 0 fully saturated rings. The molecule has 2 aromatic heterocycles. The number of nitrogens with one attached hydrogen (secondary N) is 1. The highest BCUT2D eigenvalue weighted by Crippen LogP contribution is 2.15. The molecule has 0 radical (unpaired) electrons. The van der Waals surface area contributed by atoms with E-state index >= 15 is 0 Å². The van der Waals surface area contributed by atoms with Gasteiger partial charge in [-0.05, 0) is 24.6 Å². The fraction of sp³-hybridized carbons (Fsp3) is 0.429. The maximum Gasteiger partial charge on any atom is 0.126 e. The van der Waals surface area contributed by atoms with Crippen LogP contribution in [0.4, 0.5) is 5.82 Å². The van der Waals surface area contributed by atoms with Gasteiger partial charge in [-0.2, -0.15) is 0 Å². The number of anilines is 1. The number of aromatic nitrogens is 3. The smallest absolute Gasteiger partial charge is 0.126 e. The van der Waals surface area contributed by atoms with Gasteiger partial charge < -0.3 is 9.88 Å². The molecular weight excluding hydrogens is 238 g/mol. The molecule has 0 aromatic carbocycles. The summed E-state index contributed by atoms with van der Waals surface area (Å²) >= 11 is 0. The lowest BCUT2D eigenvalue weighted by atomic mass is 10.2. The van der Waals surface area contributed by atoms with Gasteiger partial charge in [-0.25, -0.2) is 9.97 Å². The Labute approximate surface area is 113 Å². The zero-order valence-electron chi connectivity index (χ0n) is 11.2. The van der Waals surface area contributed by atoms with Crippen LogP contribution >= 0.6 is 0 Å². The zero-order chi connectivity index (χ0) is 13.1. The molecular formula is C14H19N5. The van der Waals surface area contributed by atoms with Gasteiger partial charge in [0.05, 0.1) is 6.54 Å². The third kappa shape index (κ3) is 2.76. The number of fused-ring (bicyclic) bond motifs is 1. The van der Waals surface area contributed by atoms with Gasteiger partial charge in [-0.3, -0.25) is 4.90 Å². The Morgan fingerprint density at radius 1 is 1.26 bits per heavy atom. The standard InChI is InChI=1S/C14H19N5/c1-2-15-13-9-12(3-4-16-13)10-18-7-8-19-6-5-17-14(19)11-18/h3-6,9H,2,7-8,10-11H2,1H3,(H,15,16). The second kappa shape index (κ2) is 5.40. The zero-order valence-corrected chi connectivity index (χ0v) is 11.2. The van der Waals surface area contributed by atoms with Crippen molar-refractivity contribution in [3.05, 3.63) is 42.1 Å². The second-order valence-corrected chi connectivity index (χ2v) is 4.83. The summed E-state index contributed by atoms with van der Waals surface area (Å²) in [7, 11) is 0. The normalized spacial score (nSPS) is 15.2. The SMILES string of the molecule is CCNc1cc(CN2CCn3ccnc3C2)ccn1. The summed E-state index contributed by atoms with van der Waals surface area (Å²) in [4.78, 5) is 11.1. The van der Waals surface area contributed by atoms with Crippen molar-refractivity contribution in [3.63, 3.8) is 0 Å². The van der Waals surface area contributed by atoms with E-state index in [-0.39, 0.29) is 0 Å². The van der Waals surface area contributed by atoms with Crippen LogP contribution in [0, 0.1) is 0 Å². The molecule has 0 amide bonds. The molecule has 19 heavy (non-hydrogen) atoms. The highest BCUT2D eigenvalue weighted by atomic mass is 15.2. The number of imidazole rings is 1. The lowest BCUT2D eigenvalue weighted by Crippen LogP contribution is -2.33. The number of nitrogens with zero attached hydrogens (tertiary/aromatic N) is 4. The Morgan fingerprint density at radius 2 is 2.21 bits per heavy atom. The number of hydrogen-bond acceptors (Lipinski definition) is 4. The Balaban J connectivity index is 1.67. The minimum Gasteiger partial charge on any atom is -0.370 e. The number of rotatable bonds is 4. The van der Waals surface area contributed by atoms with Crippen LogP contribution in [-0.2, 0) is 19.6 Å². The van der Waals surface area contributed by atoms with Crippen LogP contribution in [0.5, 0.6) is 0 Å². The lowest BCUT2D eigenvalue weighted by molar-refractivity contribution is 0.209. The van der Waals surface area contributed by atoms with Crippen molar-refractivity contribution in [2.75, 3.05) is 18.4 Å². The van der Waals surface area contributed by atoms with E-state index in [4.69, 9.17) is 0 Å². The van der Waals surface area contributed by atoms with Crippen LogP contribution in [0.3, 0.4) is 0 Å². The van der Waals surface area contributed by atoms with Crippen LogP contribution in [0.25, 0.3) is 0 Å². The van der Waals surface area contributed by atoms with Crippen LogP contribution in [0.1, 0.15) is 18.3 Å². The van der Waals surface area contributed by atoms with Crippen molar-refractivity contribution >= 4 is 5.82 Å². The maximum absolute atomic E-state index is 4.39. The van der Waals surface area contributed by atoms with E-state index in [9.17, 15) is 0 Å². The first kappa shape index (κ1) is 12.2. The van der Waals surface area contributed by atoms with Crippen molar-refractivity contribution in [3.8, 4) is 0 Å². The molecule has 0 saturated carbocycles. The molecule has 1 aliphatic heterocycles. The van der Waals surface area contributed by atoms with Gasteiger partial charge in [0.1, 0.15) is 11.6 Å². The van der Waals surface area contributed by atoms with Crippen molar-refractivity contribution in [2.45, 2.75) is 26.6 Å². The Hall–Kier alpha value is -1.88. The first-order valence-corrected chi connectivity index (χ1v) is 6.76. The topological polar surface area (TPSA) is 46.0 Å². The molecule has 5 nitrogen and oxygen atoms in total. The molecule has 3 heterocycles. The average molecular weight is 257 g/mol. The molecule has 0 atom stereocenters. The largest absolute Gasteiger partial charge is 0.370 e. The van der Waals surface area contributed by atoms with Gasteiger partial charge in [0.2, 0.25) is 0 Å². The Bertz CT molecular complexity index is 548. The lowest BCUT2D eigenvalue weighted by Gasteiger charge is -2.27. The molecule has 1 aliphatic rings. The van der Waals surface area contributed by atoms with Gasteiger partial charge in [0, 0.05) is 44.8 Å². The quantitative estimate of drug-likeness (QED) is 0.906. The summed E-state index contributed by atoms with van der Waals surface area (Å²) in [5.41, 5.74) is 1.30. The van der Waals surface area contributed by atoms with E-state index in [2.05, 4.69) is 50.0 Å². The molecule has 0 spiro atoms. The highest BCUT2D eigenvalue weighted by molar-refractivity contribution is 5.37. The van der Waals surface area contributed by atoms with Crippen LogP contribution in [0.2, 0.25) is 0 Å². The van der Waals surface area contributed by atoms with Gasteiger partial charge in [0.15, 0.2) is 0 Å². The van der Waals surface area contributed by atoms with E-state index in [1.807, 2.05) is 12.4 Å². The van der Waals surface area contributed by atoms with Crippen LogP contribution in [-0.4, -0.2) is 32.5 Å². The predicted molar refractivity (Wildman–Crippen MR) is 74.7 cm³/mol. The molecule has 2 aromatic rings. The van der Waals surface area contributed by atoms with Gasteiger partial charge >= 0.3 is 0 Å². The molecule has 1 N–H and O–H groups in total. The van der Waals surface area contributed by atoms with Crippen LogP contribution < -0.4 is 5.32 Å². The van der Waals surface area contributed by atoms with E-state index in [0.717, 1.165) is 44.4 Å². The van der Waals surface area contributed by atoms with Crippen molar-refractivity contribution in [2.24, 2.45) is 0 Å². The predicted octanol–water partition coefficient (Wildman–Crippen LogP) is 1.73. The molecule has 0 saturated heterocycles. The summed E-state index contributed by atoms with van der Waals surface area (Å²) in [5.74, 6) is 2.12. The minimum absolute atomic E-state index is 0.900. The summed E-state index contributed by atoms with van der Waals surface area (Å²) in [6.45, 7) is 6.96. The monoisotopic (exact) mass is 257 g/mol. The Kier molecular flexibility index (Phi) is 3.46. The Morgan fingerprint density at radius 3 is 3.11 bits per heavy atom. The molecule has 100 valence electrons. The fourth-order valence-corrected chi connectivity index (χ4v) is 2.47. The summed E-state index contributed by atoms with van der Waals surface area (Å²) in [6, 6.07) is 4.21. The van der Waals surface area contributed by atoms with Crippen molar-refractivity contribution < 1.29 is 0 Å². The molecule has 0 aliphatic carbocycles. The summed E-state index contributed by atoms with van der Waals surface area (Å²) < 4.78 is 2.23. The molecule has 0 bridgehead atoms. The molecule has 5 heteroatoms. The molecule has 3 rings (SSSR count). The number of pyridine rings is 1. The average Bonchev–Trinajstić information content (AvgIpc) is 2.87. The van der Waals surface area contributed by atoms with Crippen LogP contribution in [0.15, 0.2) is 30.7 Å². The number of hydrogen-bond donors (Lipinski definition) is 1. The first-order valence-electron chi connectivity index (χ1n) is 6.76. The minimum atomic E-state index is 0.900. The third-order valence-corrected chi connectivity index (χ3v) is 3.41. The van der Waals surface area contributed by atoms with E-state index in [1.165, 1.54) is 5.56 Å². The van der Waals surface area contributed by atoms with Gasteiger partial charge in [-0.1, -0.05) is 0 Å².